The average Bonchev–Trinajstić information content (AvgIpc) is 2.39. The fourth-order valence-corrected chi connectivity index (χ4v) is 1.79. The van der Waals surface area contributed by atoms with E-state index in [0.29, 0.717) is 12.0 Å². The molecule has 0 aliphatic rings. The molecule has 0 spiro atoms. The molecule has 0 heterocycles. The van der Waals surface area contributed by atoms with Crippen molar-refractivity contribution in [2.45, 2.75) is 33.1 Å². The zero-order chi connectivity index (χ0) is 13.5. The zero-order valence-electron chi connectivity index (χ0n) is 11.1. The van der Waals surface area contributed by atoms with Crippen LogP contribution in [0.15, 0.2) is 29.8 Å². The van der Waals surface area contributed by atoms with Crippen molar-refractivity contribution in [1.82, 2.24) is 0 Å². The Morgan fingerprint density at radius 3 is 2.39 bits per heavy atom. The van der Waals surface area contributed by atoms with E-state index in [-0.39, 0.29) is 11.8 Å². The first-order valence-corrected chi connectivity index (χ1v) is 6.14. The van der Waals surface area contributed by atoms with Crippen molar-refractivity contribution in [3.63, 3.8) is 0 Å². The third kappa shape index (κ3) is 3.69. The molecule has 0 saturated heterocycles. The fraction of sp³-hybridized carbons (Fsp3) is 0.400. The van der Waals surface area contributed by atoms with E-state index >= 15 is 0 Å². The maximum absolute atomic E-state index is 12.9. The minimum atomic E-state index is -0.301. The average molecular weight is 250 g/mol. The first-order chi connectivity index (χ1) is 8.60. The molecule has 0 aliphatic heterocycles. The molecule has 1 aromatic carbocycles. The van der Waals surface area contributed by atoms with Gasteiger partial charge in [-0.25, -0.2) is 9.18 Å². The molecule has 1 rings (SSSR count). The second kappa shape index (κ2) is 6.94. The van der Waals surface area contributed by atoms with Crippen molar-refractivity contribution < 1.29 is 13.9 Å². The van der Waals surface area contributed by atoms with Gasteiger partial charge in [0.1, 0.15) is 5.82 Å². The molecule has 2 nitrogen and oxygen atoms in total. The molecule has 0 fully saturated rings. The van der Waals surface area contributed by atoms with E-state index < -0.39 is 0 Å². The minimum Gasteiger partial charge on any atom is -0.466 e. The van der Waals surface area contributed by atoms with Crippen LogP contribution in [0.5, 0.6) is 0 Å². The number of allylic oxidation sites excluding steroid dienone is 1. The first-order valence-electron chi connectivity index (χ1n) is 6.14. The third-order valence-corrected chi connectivity index (χ3v) is 2.94. The second-order valence-electron chi connectivity index (χ2n) is 4.21. The number of halogens is 1. The summed E-state index contributed by atoms with van der Waals surface area (Å²) in [4.78, 5) is 11.7. The zero-order valence-corrected chi connectivity index (χ0v) is 11.1. The highest BCUT2D eigenvalue weighted by atomic mass is 19.1. The van der Waals surface area contributed by atoms with Crippen molar-refractivity contribution in [2.24, 2.45) is 0 Å². The Bertz CT molecular complexity index is 432. The van der Waals surface area contributed by atoms with Crippen LogP contribution in [0.4, 0.5) is 4.39 Å². The predicted octanol–water partition coefficient (Wildman–Crippen LogP) is 3.96. The molecule has 3 heteroatoms. The quantitative estimate of drug-likeness (QED) is 0.584. The van der Waals surface area contributed by atoms with Gasteiger partial charge in [-0.1, -0.05) is 25.5 Å². The van der Waals surface area contributed by atoms with Gasteiger partial charge in [0.15, 0.2) is 0 Å². The smallest absolute Gasteiger partial charge is 0.334 e. The normalized spacial score (nSPS) is 12.0. The highest BCUT2D eigenvalue weighted by Crippen LogP contribution is 2.23. The number of benzene rings is 1. The van der Waals surface area contributed by atoms with Crippen LogP contribution in [0.1, 0.15) is 38.7 Å². The molecule has 0 saturated carbocycles. The van der Waals surface area contributed by atoms with Crippen LogP contribution in [0.2, 0.25) is 0 Å². The van der Waals surface area contributed by atoms with Crippen LogP contribution in [0.25, 0.3) is 5.57 Å². The Hall–Kier alpha value is -1.64. The number of hydrogen-bond donors (Lipinski definition) is 0. The fourth-order valence-electron chi connectivity index (χ4n) is 1.79. The number of esters is 1. The Balaban J connectivity index is 3.08. The molecule has 0 bridgehead atoms. The van der Waals surface area contributed by atoms with Crippen molar-refractivity contribution in [1.29, 1.82) is 0 Å². The number of carbonyl (C=O) groups is 1. The first kappa shape index (κ1) is 14.4. The number of rotatable bonds is 5. The van der Waals surface area contributed by atoms with Gasteiger partial charge in [0.05, 0.1) is 7.11 Å². The molecule has 18 heavy (non-hydrogen) atoms. The highest BCUT2D eigenvalue weighted by Gasteiger charge is 2.14. The summed E-state index contributed by atoms with van der Waals surface area (Å²) < 4.78 is 17.7. The van der Waals surface area contributed by atoms with Crippen molar-refractivity contribution in [3.8, 4) is 0 Å². The van der Waals surface area contributed by atoms with Gasteiger partial charge in [-0.05, 0) is 43.0 Å². The maximum Gasteiger partial charge on any atom is 0.334 e. The van der Waals surface area contributed by atoms with E-state index in [0.717, 1.165) is 24.0 Å². The number of carbonyl (C=O) groups excluding carboxylic acids is 1. The molecule has 0 radical (unpaired) electrons. The van der Waals surface area contributed by atoms with Gasteiger partial charge in [0.2, 0.25) is 0 Å². The summed E-state index contributed by atoms with van der Waals surface area (Å²) in [5.74, 6) is -0.579. The number of ether oxygens (including phenoxy) is 1. The van der Waals surface area contributed by atoms with Gasteiger partial charge >= 0.3 is 5.97 Å². The van der Waals surface area contributed by atoms with E-state index in [1.165, 1.54) is 19.2 Å². The SMILES string of the molecule is CCCC/C(C(=O)OC)=C(\C)c1ccc(F)cc1. The molecular weight excluding hydrogens is 231 g/mol. The van der Waals surface area contributed by atoms with Gasteiger partial charge in [0.25, 0.3) is 0 Å². The lowest BCUT2D eigenvalue weighted by atomic mass is 9.97. The molecule has 0 aliphatic carbocycles. The second-order valence-corrected chi connectivity index (χ2v) is 4.21. The highest BCUT2D eigenvalue weighted by molar-refractivity contribution is 5.97. The van der Waals surface area contributed by atoms with Gasteiger partial charge in [-0.2, -0.15) is 0 Å². The Morgan fingerprint density at radius 2 is 1.89 bits per heavy atom. The minimum absolute atomic E-state index is 0.278. The summed E-state index contributed by atoms with van der Waals surface area (Å²) >= 11 is 0. The van der Waals surface area contributed by atoms with Gasteiger partial charge < -0.3 is 4.74 Å². The number of methoxy groups -OCH3 is 1. The largest absolute Gasteiger partial charge is 0.466 e. The van der Waals surface area contributed by atoms with Gasteiger partial charge in [-0.3, -0.25) is 0 Å². The predicted molar refractivity (Wildman–Crippen MR) is 70.5 cm³/mol. The molecule has 0 unspecified atom stereocenters. The lowest BCUT2D eigenvalue weighted by Crippen LogP contribution is -2.07. The Morgan fingerprint density at radius 1 is 1.28 bits per heavy atom. The number of hydrogen-bond acceptors (Lipinski definition) is 2. The van der Waals surface area contributed by atoms with Crippen LogP contribution in [-0.2, 0) is 9.53 Å². The van der Waals surface area contributed by atoms with Crippen molar-refractivity contribution >= 4 is 11.5 Å². The van der Waals surface area contributed by atoms with Crippen LogP contribution < -0.4 is 0 Å². The lowest BCUT2D eigenvalue weighted by Gasteiger charge is -2.10. The van der Waals surface area contributed by atoms with Gasteiger partial charge in [0, 0.05) is 5.57 Å². The summed E-state index contributed by atoms with van der Waals surface area (Å²) in [6.07, 6.45) is 2.63. The Kier molecular flexibility index (Phi) is 5.56. The molecular formula is C15H19FO2. The summed E-state index contributed by atoms with van der Waals surface area (Å²) in [6.45, 7) is 3.94. The lowest BCUT2D eigenvalue weighted by molar-refractivity contribution is -0.136. The Labute approximate surface area is 107 Å². The van der Waals surface area contributed by atoms with Crippen LogP contribution >= 0.6 is 0 Å². The monoisotopic (exact) mass is 250 g/mol. The summed E-state index contributed by atoms with van der Waals surface area (Å²) in [5, 5.41) is 0. The van der Waals surface area contributed by atoms with Crippen LogP contribution in [-0.4, -0.2) is 13.1 Å². The van der Waals surface area contributed by atoms with E-state index in [1.54, 1.807) is 12.1 Å². The summed E-state index contributed by atoms with van der Waals surface area (Å²) in [5.41, 5.74) is 2.38. The summed E-state index contributed by atoms with van der Waals surface area (Å²) in [7, 11) is 1.38. The molecule has 1 aromatic rings. The van der Waals surface area contributed by atoms with E-state index in [9.17, 15) is 9.18 Å². The maximum atomic E-state index is 12.9. The van der Waals surface area contributed by atoms with E-state index in [4.69, 9.17) is 4.74 Å². The molecule has 98 valence electrons. The third-order valence-electron chi connectivity index (χ3n) is 2.94. The molecule has 0 N–H and O–H groups in total. The van der Waals surface area contributed by atoms with E-state index in [1.807, 2.05) is 6.92 Å². The number of unbranched alkanes of at least 4 members (excludes halogenated alkanes) is 1. The summed E-state index contributed by atoms with van der Waals surface area (Å²) in [6, 6.07) is 6.15. The molecule has 0 aromatic heterocycles. The van der Waals surface area contributed by atoms with Crippen molar-refractivity contribution in [2.75, 3.05) is 7.11 Å². The van der Waals surface area contributed by atoms with Crippen LogP contribution in [0.3, 0.4) is 0 Å². The van der Waals surface area contributed by atoms with E-state index in [2.05, 4.69) is 6.92 Å². The van der Waals surface area contributed by atoms with Gasteiger partial charge in [-0.15, -0.1) is 0 Å². The van der Waals surface area contributed by atoms with Crippen molar-refractivity contribution in [3.05, 3.63) is 41.2 Å². The topological polar surface area (TPSA) is 26.3 Å². The van der Waals surface area contributed by atoms with Crippen LogP contribution in [0, 0.1) is 5.82 Å². The molecule has 0 amide bonds. The standard InChI is InChI=1S/C15H19FO2/c1-4-5-6-14(15(17)18-3)11(2)12-7-9-13(16)10-8-12/h7-10H,4-6H2,1-3H3/b14-11-. The molecule has 0 atom stereocenters.